The fourth-order valence-electron chi connectivity index (χ4n) is 1.47. The number of carbonyl (C=O) groups excluding carboxylic acids is 1. The topological polar surface area (TPSA) is 107 Å². The molecule has 3 N–H and O–H groups in total. The molecular formula is C12H17N3O4. The second-order valence-corrected chi connectivity index (χ2v) is 3.90. The molecule has 0 radical (unpaired) electrons. The number of primary amides is 1. The van der Waals surface area contributed by atoms with Crippen molar-refractivity contribution in [1.82, 2.24) is 5.32 Å². The molecule has 7 nitrogen and oxygen atoms in total. The number of hydrogen-bond acceptors (Lipinski definition) is 5. The van der Waals surface area contributed by atoms with E-state index in [9.17, 15) is 14.9 Å². The second kappa shape index (κ2) is 7.32. The third-order valence-corrected chi connectivity index (χ3v) is 2.41. The van der Waals surface area contributed by atoms with Crippen molar-refractivity contribution in [2.45, 2.75) is 19.9 Å². The van der Waals surface area contributed by atoms with Crippen LogP contribution in [0.5, 0.6) is 5.75 Å². The highest BCUT2D eigenvalue weighted by molar-refractivity contribution is 5.73. The van der Waals surface area contributed by atoms with Crippen molar-refractivity contribution in [3.63, 3.8) is 0 Å². The molecule has 1 aromatic rings. The van der Waals surface area contributed by atoms with E-state index < -0.39 is 10.8 Å². The van der Waals surface area contributed by atoms with Crippen LogP contribution in [0.1, 0.15) is 18.9 Å². The van der Waals surface area contributed by atoms with Gasteiger partial charge in [-0.2, -0.15) is 0 Å². The lowest BCUT2D eigenvalue weighted by Crippen LogP contribution is -2.15. The summed E-state index contributed by atoms with van der Waals surface area (Å²) in [5.74, 6) is -0.354. The van der Waals surface area contributed by atoms with Gasteiger partial charge in [0.2, 0.25) is 5.91 Å². The predicted octanol–water partition coefficient (Wildman–Crippen LogP) is 0.958. The summed E-state index contributed by atoms with van der Waals surface area (Å²) < 4.78 is 5.26. The first-order valence-electron chi connectivity index (χ1n) is 5.93. The molecule has 19 heavy (non-hydrogen) atoms. The van der Waals surface area contributed by atoms with Crippen molar-refractivity contribution >= 4 is 11.6 Å². The summed E-state index contributed by atoms with van der Waals surface area (Å²) in [5.41, 5.74) is 5.74. The Balaban J connectivity index is 2.82. The van der Waals surface area contributed by atoms with Gasteiger partial charge in [-0.25, -0.2) is 0 Å². The maximum Gasteiger partial charge on any atom is 0.310 e. The Labute approximate surface area is 110 Å². The average molecular weight is 267 g/mol. The van der Waals surface area contributed by atoms with Crippen LogP contribution in [0, 0.1) is 10.1 Å². The van der Waals surface area contributed by atoms with Gasteiger partial charge in [0, 0.05) is 12.6 Å². The van der Waals surface area contributed by atoms with E-state index in [2.05, 4.69) is 5.32 Å². The smallest absolute Gasteiger partial charge is 0.310 e. The van der Waals surface area contributed by atoms with E-state index in [-0.39, 0.29) is 24.5 Å². The lowest BCUT2D eigenvalue weighted by atomic mass is 10.2. The van der Waals surface area contributed by atoms with E-state index >= 15 is 0 Å². The van der Waals surface area contributed by atoms with Crippen molar-refractivity contribution in [3.8, 4) is 5.75 Å². The molecule has 0 aliphatic carbocycles. The molecule has 7 heteroatoms. The van der Waals surface area contributed by atoms with Crippen molar-refractivity contribution in [2.75, 3.05) is 13.2 Å². The summed E-state index contributed by atoms with van der Waals surface area (Å²) >= 11 is 0. The minimum absolute atomic E-state index is 0.0224. The molecule has 0 aliphatic rings. The quantitative estimate of drug-likeness (QED) is 0.538. The zero-order chi connectivity index (χ0) is 14.3. The molecule has 1 rings (SSSR count). The number of nitrogens with zero attached hydrogens (tertiary/aromatic N) is 1. The number of amides is 1. The van der Waals surface area contributed by atoms with Crippen LogP contribution in [0.25, 0.3) is 0 Å². The Bertz CT molecular complexity index is 462. The van der Waals surface area contributed by atoms with Gasteiger partial charge in [-0.05, 0) is 18.2 Å². The summed E-state index contributed by atoms with van der Waals surface area (Å²) in [5, 5.41) is 14.0. The molecule has 0 saturated heterocycles. The van der Waals surface area contributed by atoms with Crippen LogP contribution in [0.4, 0.5) is 5.69 Å². The first kappa shape index (κ1) is 14.9. The number of hydrogen-bond donors (Lipinski definition) is 2. The maximum absolute atomic E-state index is 10.9. The highest BCUT2D eigenvalue weighted by atomic mass is 16.6. The van der Waals surface area contributed by atoms with E-state index in [1.54, 1.807) is 12.1 Å². The Hall–Kier alpha value is -2.15. The Morgan fingerprint density at radius 3 is 2.84 bits per heavy atom. The fourth-order valence-corrected chi connectivity index (χ4v) is 1.47. The lowest BCUT2D eigenvalue weighted by Gasteiger charge is -2.08. The van der Waals surface area contributed by atoms with E-state index in [1.807, 2.05) is 6.92 Å². The van der Waals surface area contributed by atoms with E-state index in [0.717, 1.165) is 12.1 Å². The number of benzene rings is 1. The lowest BCUT2D eigenvalue weighted by molar-refractivity contribution is -0.385. The third-order valence-electron chi connectivity index (χ3n) is 2.41. The highest BCUT2D eigenvalue weighted by Gasteiger charge is 2.15. The third kappa shape index (κ3) is 4.92. The molecule has 0 unspecified atom stereocenters. The average Bonchev–Trinajstić information content (AvgIpc) is 2.35. The first-order chi connectivity index (χ1) is 9.04. The van der Waals surface area contributed by atoms with E-state index in [4.69, 9.17) is 10.5 Å². The zero-order valence-electron chi connectivity index (χ0n) is 10.7. The van der Waals surface area contributed by atoms with E-state index in [0.29, 0.717) is 6.54 Å². The van der Waals surface area contributed by atoms with Gasteiger partial charge < -0.3 is 15.8 Å². The van der Waals surface area contributed by atoms with Gasteiger partial charge in [0.1, 0.15) is 0 Å². The Morgan fingerprint density at radius 2 is 2.26 bits per heavy atom. The molecule has 0 fully saturated rings. The SMILES string of the molecule is CCNCc1ccc([N+](=O)[O-])c(OCCC(N)=O)c1. The number of nitrogens with one attached hydrogen (secondary N) is 1. The minimum Gasteiger partial charge on any atom is -0.486 e. The van der Waals surface area contributed by atoms with Gasteiger partial charge in [0.15, 0.2) is 5.75 Å². The van der Waals surface area contributed by atoms with Crippen LogP contribution in [0.3, 0.4) is 0 Å². The molecule has 0 spiro atoms. The number of nitro groups is 1. The molecule has 0 aliphatic heterocycles. The summed E-state index contributed by atoms with van der Waals surface area (Å²) in [6.07, 6.45) is 0.0224. The molecule has 1 amide bonds. The summed E-state index contributed by atoms with van der Waals surface area (Å²) in [7, 11) is 0. The number of nitro benzene ring substituents is 1. The van der Waals surface area contributed by atoms with Crippen LogP contribution in [-0.4, -0.2) is 24.0 Å². The molecule has 0 aromatic heterocycles. The second-order valence-electron chi connectivity index (χ2n) is 3.90. The summed E-state index contributed by atoms with van der Waals surface area (Å²) in [6.45, 7) is 3.39. The minimum atomic E-state index is -0.517. The normalized spacial score (nSPS) is 10.2. The van der Waals surface area contributed by atoms with E-state index in [1.165, 1.54) is 6.07 Å². The molecule has 0 saturated carbocycles. The van der Waals surface area contributed by atoms with Gasteiger partial charge >= 0.3 is 5.69 Å². The molecule has 0 atom stereocenters. The number of rotatable bonds is 8. The highest BCUT2D eigenvalue weighted by Crippen LogP contribution is 2.28. The standard InChI is InChI=1S/C12H17N3O4/c1-2-14-8-9-3-4-10(15(17)18)11(7-9)19-6-5-12(13)16/h3-4,7,14H,2,5-6,8H2,1H3,(H2,13,16). The predicted molar refractivity (Wildman–Crippen MR) is 69.8 cm³/mol. The van der Waals surface area contributed by atoms with Crippen LogP contribution < -0.4 is 15.8 Å². The van der Waals surface area contributed by atoms with Crippen molar-refractivity contribution in [1.29, 1.82) is 0 Å². The monoisotopic (exact) mass is 267 g/mol. The maximum atomic E-state index is 10.9. The zero-order valence-corrected chi connectivity index (χ0v) is 10.7. The van der Waals surface area contributed by atoms with Crippen LogP contribution >= 0.6 is 0 Å². The van der Waals surface area contributed by atoms with Gasteiger partial charge in [-0.1, -0.05) is 13.0 Å². The fraction of sp³-hybridized carbons (Fsp3) is 0.417. The van der Waals surface area contributed by atoms with Gasteiger partial charge in [0.25, 0.3) is 0 Å². The summed E-state index contributed by atoms with van der Waals surface area (Å²) in [4.78, 5) is 21.0. The Kier molecular flexibility index (Phi) is 5.74. The van der Waals surface area contributed by atoms with Crippen LogP contribution in [0.2, 0.25) is 0 Å². The molecule has 1 aromatic carbocycles. The Morgan fingerprint density at radius 1 is 1.53 bits per heavy atom. The van der Waals surface area contributed by atoms with Gasteiger partial charge in [-0.3, -0.25) is 14.9 Å². The molecule has 104 valence electrons. The largest absolute Gasteiger partial charge is 0.486 e. The molecular weight excluding hydrogens is 250 g/mol. The number of nitrogens with two attached hydrogens (primary N) is 1. The number of carbonyl (C=O) groups is 1. The molecule has 0 heterocycles. The van der Waals surface area contributed by atoms with Gasteiger partial charge in [0.05, 0.1) is 18.0 Å². The summed E-state index contributed by atoms with van der Waals surface area (Å²) in [6, 6.07) is 4.66. The van der Waals surface area contributed by atoms with Crippen LogP contribution in [-0.2, 0) is 11.3 Å². The van der Waals surface area contributed by atoms with Crippen molar-refractivity contribution < 1.29 is 14.5 Å². The number of ether oxygens (including phenoxy) is 1. The van der Waals surface area contributed by atoms with Gasteiger partial charge in [-0.15, -0.1) is 0 Å². The van der Waals surface area contributed by atoms with Crippen molar-refractivity contribution in [3.05, 3.63) is 33.9 Å². The first-order valence-corrected chi connectivity index (χ1v) is 5.93. The molecule has 0 bridgehead atoms. The van der Waals surface area contributed by atoms with Crippen LogP contribution in [0.15, 0.2) is 18.2 Å². The van der Waals surface area contributed by atoms with Crippen molar-refractivity contribution in [2.24, 2.45) is 5.73 Å².